The van der Waals surface area contributed by atoms with Crippen molar-refractivity contribution in [3.8, 4) is 0 Å². The van der Waals surface area contributed by atoms with E-state index in [2.05, 4.69) is 27.7 Å². The van der Waals surface area contributed by atoms with E-state index in [1.54, 1.807) is 0 Å². The molecule has 1 aliphatic heterocycles. The fourth-order valence-electron chi connectivity index (χ4n) is 2.92. The van der Waals surface area contributed by atoms with Crippen molar-refractivity contribution in [2.75, 3.05) is 6.54 Å². The minimum atomic E-state index is -0.248. The Kier molecular flexibility index (Phi) is 1.79. The minimum Gasteiger partial charge on any atom is -0.337 e. The largest absolute Gasteiger partial charge is 0.337 e. The van der Waals surface area contributed by atoms with Crippen LogP contribution in [0.15, 0.2) is 0 Å². The van der Waals surface area contributed by atoms with Crippen molar-refractivity contribution in [3.05, 3.63) is 0 Å². The summed E-state index contributed by atoms with van der Waals surface area (Å²) in [4.78, 5) is 13.8. The summed E-state index contributed by atoms with van der Waals surface area (Å²) >= 11 is 0. The standard InChI is InChI=1S/C11H20N2O/c1-10(2)9(11(10,3)4)13-6-5-7(12)8(13)14/h7,9H,5-6,12H2,1-4H3. The maximum Gasteiger partial charge on any atom is 0.239 e. The Morgan fingerprint density at radius 1 is 1.29 bits per heavy atom. The number of hydrogen-bond donors (Lipinski definition) is 1. The molecule has 2 rings (SSSR count). The second kappa shape index (κ2) is 2.51. The number of amides is 1. The molecule has 3 nitrogen and oxygen atoms in total. The summed E-state index contributed by atoms with van der Waals surface area (Å²) in [5, 5.41) is 0. The number of nitrogens with two attached hydrogens (primary N) is 1. The number of carbonyl (C=O) groups excluding carboxylic acids is 1. The van der Waals surface area contributed by atoms with Crippen LogP contribution < -0.4 is 5.73 Å². The Hall–Kier alpha value is -0.570. The lowest BCUT2D eigenvalue weighted by molar-refractivity contribution is -0.129. The fraction of sp³-hybridized carbons (Fsp3) is 0.909. The maximum atomic E-state index is 11.8. The lowest BCUT2D eigenvalue weighted by atomic mass is 10.0. The first-order valence-electron chi connectivity index (χ1n) is 5.36. The minimum absolute atomic E-state index is 0.147. The first-order valence-corrected chi connectivity index (χ1v) is 5.36. The molecular weight excluding hydrogens is 176 g/mol. The van der Waals surface area contributed by atoms with Crippen LogP contribution in [0, 0.1) is 10.8 Å². The van der Waals surface area contributed by atoms with Crippen molar-refractivity contribution in [1.29, 1.82) is 0 Å². The molecule has 2 N–H and O–H groups in total. The average molecular weight is 196 g/mol. The topological polar surface area (TPSA) is 46.3 Å². The van der Waals surface area contributed by atoms with E-state index in [4.69, 9.17) is 5.73 Å². The highest BCUT2D eigenvalue weighted by Gasteiger charge is 2.68. The summed E-state index contributed by atoms with van der Waals surface area (Å²) in [6.45, 7) is 9.77. The van der Waals surface area contributed by atoms with Gasteiger partial charge in [-0.1, -0.05) is 27.7 Å². The molecule has 0 spiro atoms. The molecule has 1 amide bonds. The van der Waals surface area contributed by atoms with E-state index in [9.17, 15) is 4.79 Å². The van der Waals surface area contributed by atoms with E-state index in [0.717, 1.165) is 13.0 Å². The van der Waals surface area contributed by atoms with Gasteiger partial charge in [0, 0.05) is 12.6 Å². The molecule has 1 unspecified atom stereocenters. The third kappa shape index (κ3) is 0.991. The van der Waals surface area contributed by atoms with Gasteiger partial charge in [0.15, 0.2) is 0 Å². The van der Waals surface area contributed by atoms with Crippen molar-refractivity contribution in [2.24, 2.45) is 16.6 Å². The SMILES string of the molecule is CC1(C)C(N2CCC(N)C2=O)C1(C)C. The van der Waals surface area contributed by atoms with Gasteiger partial charge < -0.3 is 10.6 Å². The molecule has 1 saturated heterocycles. The molecule has 0 radical (unpaired) electrons. The second-order valence-electron chi connectivity index (χ2n) is 5.77. The molecule has 80 valence electrons. The van der Waals surface area contributed by atoms with Crippen molar-refractivity contribution < 1.29 is 4.79 Å². The lowest BCUT2D eigenvalue weighted by Crippen LogP contribution is -2.37. The molecule has 1 heterocycles. The van der Waals surface area contributed by atoms with E-state index < -0.39 is 0 Å². The highest BCUT2D eigenvalue weighted by molar-refractivity contribution is 5.84. The van der Waals surface area contributed by atoms with Crippen molar-refractivity contribution in [3.63, 3.8) is 0 Å². The van der Waals surface area contributed by atoms with Crippen LogP contribution in [-0.4, -0.2) is 29.4 Å². The van der Waals surface area contributed by atoms with E-state index in [1.165, 1.54) is 0 Å². The van der Waals surface area contributed by atoms with Crippen molar-refractivity contribution in [2.45, 2.75) is 46.2 Å². The molecule has 2 aliphatic rings. The van der Waals surface area contributed by atoms with Crippen molar-refractivity contribution in [1.82, 2.24) is 4.90 Å². The van der Waals surface area contributed by atoms with E-state index in [0.29, 0.717) is 6.04 Å². The third-order valence-corrected chi connectivity index (χ3v) is 4.54. The molecule has 3 heteroatoms. The maximum absolute atomic E-state index is 11.8. The molecule has 1 saturated carbocycles. The Balaban J connectivity index is 2.17. The van der Waals surface area contributed by atoms with Gasteiger partial charge in [0.05, 0.1) is 6.04 Å². The van der Waals surface area contributed by atoms with Crippen LogP contribution in [0.5, 0.6) is 0 Å². The third-order valence-electron chi connectivity index (χ3n) is 4.54. The molecule has 1 atom stereocenters. The Labute approximate surface area is 85.6 Å². The van der Waals surface area contributed by atoms with Gasteiger partial charge in [0.1, 0.15) is 0 Å². The lowest BCUT2D eigenvalue weighted by Gasteiger charge is -2.18. The zero-order valence-corrected chi connectivity index (χ0v) is 9.50. The molecule has 0 aromatic carbocycles. The predicted octanol–water partition coefficient (Wildman–Crippen LogP) is 0.981. The van der Waals surface area contributed by atoms with E-state index >= 15 is 0 Å². The van der Waals surface area contributed by atoms with Crippen LogP contribution in [0.4, 0.5) is 0 Å². The average Bonchev–Trinajstić information content (AvgIpc) is 2.36. The van der Waals surface area contributed by atoms with E-state index in [1.807, 2.05) is 4.90 Å². The summed E-state index contributed by atoms with van der Waals surface area (Å²) in [6, 6.07) is 0.137. The highest BCUT2D eigenvalue weighted by Crippen LogP contribution is 2.65. The summed E-state index contributed by atoms with van der Waals surface area (Å²) < 4.78 is 0. The summed E-state index contributed by atoms with van der Waals surface area (Å²) in [5.74, 6) is 0.147. The number of nitrogens with zero attached hydrogens (tertiary/aromatic N) is 1. The van der Waals surface area contributed by atoms with Gasteiger partial charge in [-0.05, 0) is 17.3 Å². The van der Waals surface area contributed by atoms with Crippen LogP contribution in [0.3, 0.4) is 0 Å². The summed E-state index contributed by atoms with van der Waals surface area (Å²) in [5.41, 5.74) is 6.21. The van der Waals surface area contributed by atoms with Gasteiger partial charge in [0.25, 0.3) is 0 Å². The van der Waals surface area contributed by atoms with E-state index in [-0.39, 0.29) is 22.8 Å². The predicted molar refractivity (Wildman–Crippen MR) is 55.7 cm³/mol. The Morgan fingerprint density at radius 2 is 1.79 bits per heavy atom. The van der Waals surface area contributed by atoms with Crippen LogP contribution in [-0.2, 0) is 4.79 Å². The fourth-order valence-corrected chi connectivity index (χ4v) is 2.92. The first-order chi connectivity index (χ1) is 6.30. The molecule has 0 aromatic heterocycles. The number of carbonyl (C=O) groups is 1. The smallest absolute Gasteiger partial charge is 0.239 e. The zero-order valence-electron chi connectivity index (χ0n) is 9.50. The van der Waals surface area contributed by atoms with Crippen molar-refractivity contribution >= 4 is 5.91 Å². The number of hydrogen-bond acceptors (Lipinski definition) is 2. The van der Waals surface area contributed by atoms with Crippen LogP contribution in [0.1, 0.15) is 34.1 Å². The van der Waals surface area contributed by atoms with Gasteiger partial charge in [-0.2, -0.15) is 0 Å². The molecule has 1 aliphatic carbocycles. The first kappa shape index (κ1) is 9.97. The summed E-state index contributed by atoms with van der Waals surface area (Å²) in [6.07, 6.45) is 0.821. The molecular formula is C11H20N2O. The normalized spacial score (nSPS) is 35.1. The molecule has 14 heavy (non-hydrogen) atoms. The second-order valence-corrected chi connectivity index (χ2v) is 5.77. The van der Waals surface area contributed by atoms with Crippen LogP contribution in [0.2, 0.25) is 0 Å². The molecule has 0 bridgehead atoms. The van der Waals surface area contributed by atoms with Gasteiger partial charge in [-0.15, -0.1) is 0 Å². The molecule has 2 fully saturated rings. The van der Waals surface area contributed by atoms with Gasteiger partial charge in [-0.25, -0.2) is 0 Å². The number of likely N-dealkylation sites (tertiary alicyclic amines) is 1. The quantitative estimate of drug-likeness (QED) is 0.679. The Morgan fingerprint density at radius 3 is 2.07 bits per heavy atom. The van der Waals surface area contributed by atoms with Crippen LogP contribution in [0.25, 0.3) is 0 Å². The number of rotatable bonds is 1. The Bertz CT molecular complexity index is 269. The summed E-state index contributed by atoms with van der Waals surface area (Å²) in [7, 11) is 0. The van der Waals surface area contributed by atoms with Gasteiger partial charge in [-0.3, -0.25) is 4.79 Å². The monoisotopic (exact) mass is 196 g/mol. The molecule has 0 aromatic rings. The highest BCUT2D eigenvalue weighted by atomic mass is 16.2. The van der Waals surface area contributed by atoms with Gasteiger partial charge in [0.2, 0.25) is 5.91 Å². The van der Waals surface area contributed by atoms with Crippen LogP contribution >= 0.6 is 0 Å². The zero-order chi connectivity index (χ0) is 10.7. The van der Waals surface area contributed by atoms with Gasteiger partial charge >= 0.3 is 0 Å².